The van der Waals surface area contributed by atoms with Gasteiger partial charge in [-0.3, -0.25) is 4.79 Å². The minimum Gasteiger partial charge on any atom is -0.492 e. The van der Waals surface area contributed by atoms with Crippen LogP contribution in [0.5, 0.6) is 5.75 Å². The standard InChI is InChI=1S/C24H29FN4O2/c1-5-29(6-2)11-12-31-22-10-8-7-9-18(22)15-26-24(30)20-13-19(25)14-21-23(20)28-17(4)16(3)27-21/h7-10,13-14H,5-6,11-12,15H2,1-4H3,(H,26,30). The van der Waals surface area contributed by atoms with E-state index in [4.69, 9.17) is 4.74 Å². The number of halogens is 1. The number of aromatic nitrogens is 2. The lowest BCUT2D eigenvalue weighted by molar-refractivity contribution is 0.0951. The summed E-state index contributed by atoms with van der Waals surface area (Å²) < 4.78 is 20.1. The molecular formula is C24H29FN4O2. The lowest BCUT2D eigenvalue weighted by Gasteiger charge is -2.19. The average molecular weight is 425 g/mol. The third kappa shape index (κ3) is 5.55. The topological polar surface area (TPSA) is 67.3 Å². The summed E-state index contributed by atoms with van der Waals surface area (Å²) in [6, 6.07) is 10.1. The number of fused-ring (bicyclic) bond motifs is 1. The summed E-state index contributed by atoms with van der Waals surface area (Å²) in [6.45, 7) is 11.5. The van der Waals surface area contributed by atoms with Crippen LogP contribution in [-0.2, 0) is 6.54 Å². The van der Waals surface area contributed by atoms with Crippen molar-refractivity contribution in [2.75, 3.05) is 26.2 Å². The molecule has 0 spiro atoms. The number of carbonyl (C=O) groups excluding carboxylic acids is 1. The van der Waals surface area contributed by atoms with E-state index in [1.54, 1.807) is 0 Å². The van der Waals surface area contributed by atoms with E-state index in [-0.39, 0.29) is 12.1 Å². The van der Waals surface area contributed by atoms with E-state index in [0.717, 1.165) is 30.9 Å². The Bertz CT molecular complexity index is 1070. The molecule has 0 aliphatic heterocycles. The molecule has 3 rings (SSSR count). The normalized spacial score (nSPS) is 11.2. The van der Waals surface area contributed by atoms with Crippen LogP contribution in [0.15, 0.2) is 36.4 Å². The van der Waals surface area contributed by atoms with Crippen LogP contribution in [0, 0.1) is 19.7 Å². The molecule has 0 atom stereocenters. The number of hydrogen-bond donors (Lipinski definition) is 1. The predicted molar refractivity (Wildman–Crippen MR) is 120 cm³/mol. The number of benzene rings is 2. The predicted octanol–water partition coefficient (Wildman–Crippen LogP) is 4.04. The molecule has 0 aliphatic carbocycles. The summed E-state index contributed by atoms with van der Waals surface area (Å²) in [7, 11) is 0. The van der Waals surface area contributed by atoms with Crippen LogP contribution in [-0.4, -0.2) is 47.0 Å². The number of amides is 1. The Kier molecular flexibility index (Phi) is 7.52. The van der Waals surface area contributed by atoms with Gasteiger partial charge in [0.1, 0.15) is 23.7 Å². The maximum atomic E-state index is 14.1. The van der Waals surface area contributed by atoms with Gasteiger partial charge in [0, 0.05) is 24.7 Å². The van der Waals surface area contributed by atoms with Gasteiger partial charge in [-0.05, 0) is 39.1 Å². The van der Waals surface area contributed by atoms with Gasteiger partial charge in [0.2, 0.25) is 0 Å². The minimum absolute atomic E-state index is 0.172. The number of aryl methyl sites for hydroxylation is 2. The number of carbonyl (C=O) groups is 1. The second-order valence-electron chi connectivity index (χ2n) is 7.38. The van der Waals surface area contributed by atoms with Crippen LogP contribution in [0.1, 0.15) is 41.2 Å². The molecule has 0 bridgehead atoms. The average Bonchev–Trinajstić information content (AvgIpc) is 2.76. The first-order valence-corrected chi connectivity index (χ1v) is 10.6. The molecule has 0 unspecified atom stereocenters. The van der Waals surface area contributed by atoms with E-state index in [2.05, 4.69) is 34.0 Å². The molecule has 6 nitrogen and oxygen atoms in total. The summed E-state index contributed by atoms with van der Waals surface area (Å²) in [6.07, 6.45) is 0. The van der Waals surface area contributed by atoms with E-state index in [1.165, 1.54) is 12.1 Å². The Morgan fingerprint density at radius 3 is 2.55 bits per heavy atom. The van der Waals surface area contributed by atoms with Crippen molar-refractivity contribution in [3.63, 3.8) is 0 Å². The van der Waals surface area contributed by atoms with Crippen molar-refractivity contribution in [2.45, 2.75) is 34.2 Å². The molecule has 7 heteroatoms. The van der Waals surface area contributed by atoms with Crippen molar-refractivity contribution >= 4 is 16.9 Å². The maximum absolute atomic E-state index is 14.1. The Morgan fingerprint density at radius 1 is 1.10 bits per heavy atom. The van der Waals surface area contributed by atoms with Crippen molar-refractivity contribution in [2.24, 2.45) is 0 Å². The van der Waals surface area contributed by atoms with Crippen molar-refractivity contribution in [3.8, 4) is 5.75 Å². The summed E-state index contributed by atoms with van der Waals surface area (Å²) in [5, 5.41) is 2.87. The lowest BCUT2D eigenvalue weighted by Crippen LogP contribution is -2.28. The van der Waals surface area contributed by atoms with E-state index >= 15 is 0 Å². The first-order chi connectivity index (χ1) is 14.9. The molecule has 0 fully saturated rings. The van der Waals surface area contributed by atoms with Crippen molar-refractivity contribution in [1.82, 2.24) is 20.2 Å². The second-order valence-corrected chi connectivity index (χ2v) is 7.38. The monoisotopic (exact) mass is 424 g/mol. The smallest absolute Gasteiger partial charge is 0.253 e. The van der Waals surface area contributed by atoms with Gasteiger partial charge < -0.3 is 15.0 Å². The molecule has 0 saturated heterocycles. The van der Waals surface area contributed by atoms with Gasteiger partial charge in [0.15, 0.2) is 0 Å². The zero-order chi connectivity index (χ0) is 22.4. The lowest BCUT2D eigenvalue weighted by atomic mass is 10.1. The number of nitrogens with one attached hydrogen (secondary N) is 1. The highest BCUT2D eigenvalue weighted by Gasteiger charge is 2.16. The quantitative estimate of drug-likeness (QED) is 0.562. The van der Waals surface area contributed by atoms with Crippen molar-refractivity contribution in [3.05, 3.63) is 64.7 Å². The zero-order valence-corrected chi connectivity index (χ0v) is 18.5. The summed E-state index contributed by atoms with van der Waals surface area (Å²) in [5.41, 5.74) is 3.21. The highest BCUT2D eigenvalue weighted by molar-refractivity contribution is 6.04. The van der Waals surface area contributed by atoms with Crippen LogP contribution >= 0.6 is 0 Å². The molecule has 1 heterocycles. The molecule has 164 valence electrons. The summed E-state index contributed by atoms with van der Waals surface area (Å²) >= 11 is 0. The summed E-state index contributed by atoms with van der Waals surface area (Å²) in [5.74, 6) is -0.194. The molecule has 2 aromatic carbocycles. The fourth-order valence-corrected chi connectivity index (χ4v) is 3.36. The Labute approximate surface area is 182 Å². The number of para-hydroxylation sites is 1. The molecular weight excluding hydrogens is 395 g/mol. The molecule has 31 heavy (non-hydrogen) atoms. The highest BCUT2D eigenvalue weighted by Crippen LogP contribution is 2.21. The van der Waals surface area contributed by atoms with Gasteiger partial charge in [0.05, 0.1) is 22.5 Å². The maximum Gasteiger partial charge on any atom is 0.253 e. The Hall–Kier alpha value is -3.06. The van der Waals surface area contributed by atoms with Gasteiger partial charge in [-0.2, -0.15) is 0 Å². The highest BCUT2D eigenvalue weighted by atomic mass is 19.1. The number of rotatable bonds is 9. The van der Waals surface area contributed by atoms with Gasteiger partial charge in [0.25, 0.3) is 5.91 Å². The van der Waals surface area contributed by atoms with E-state index in [1.807, 2.05) is 38.1 Å². The first kappa shape index (κ1) is 22.6. The van der Waals surface area contributed by atoms with E-state index < -0.39 is 11.7 Å². The zero-order valence-electron chi connectivity index (χ0n) is 18.5. The van der Waals surface area contributed by atoms with Gasteiger partial charge >= 0.3 is 0 Å². The molecule has 1 amide bonds. The molecule has 0 saturated carbocycles. The summed E-state index contributed by atoms with van der Waals surface area (Å²) in [4.78, 5) is 24.0. The van der Waals surface area contributed by atoms with Gasteiger partial charge in [-0.1, -0.05) is 32.0 Å². The Morgan fingerprint density at radius 2 is 1.81 bits per heavy atom. The molecule has 1 aromatic heterocycles. The van der Waals surface area contributed by atoms with Crippen LogP contribution in [0.4, 0.5) is 4.39 Å². The molecule has 3 aromatic rings. The number of likely N-dealkylation sites (N-methyl/N-ethyl adjacent to an activating group) is 1. The van der Waals surface area contributed by atoms with E-state index in [0.29, 0.717) is 29.0 Å². The third-order valence-electron chi connectivity index (χ3n) is 5.36. The van der Waals surface area contributed by atoms with Crippen LogP contribution < -0.4 is 10.1 Å². The van der Waals surface area contributed by atoms with Crippen LogP contribution in [0.2, 0.25) is 0 Å². The number of nitrogens with zero attached hydrogens (tertiary/aromatic N) is 3. The van der Waals surface area contributed by atoms with Crippen molar-refractivity contribution in [1.29, 1.82) is 0 Å². The van der Waals surface area contributed by atoms with Crippen LogP contribution in [0.3, 0.4) is 0 Å². The molecule has 0 radical (unpaired) electrons. The molecule has 0 aliphatic rings. The number of hydrogen-bond acceptors (Lipinski definition) is 5. The fraction of sp³-hybridized carbons (Fsp3) is 0.375. The van der Waals surface area contributed by atoms with E-state index in [9.17, 15) is 9.18 Å². The molecule has 1 N–H and O–H groups in total. The van der Waals surface area contributed by atoms with Crippen molar-refractivity contribution < 1.29 is 13.9 Å². The first-order valence-electron chi connectivity index (χ1n) is 10.6. The number of ether oxygens (including phenoxy) is 1. The fourth-order valence-electron chi connectivity index (χ4n) is 3.36. The Balaban J connectivity index is 1.74. The second kappa shape index (κ2) is 10.3. The van der Waals surface area contributed by atoms with Crippen LogP contribution in [0.25, 0.3) is 11.0 Å². The SMILES string of the molecule is CCN(CC)CCOc1ccccc1CNC(=O)c1cc(F)cc2nc(C)c(C)nc12. The minimum atomic E-state index is -0.518. The van der Waals surface area contributed by atoms with Gasteiger partial charge in [-0.25, -0.2) is 14.4 Å². The largest absolute Gasteiger partial charge is 0.492 e. The van der Waals surface area contributed by atoms with Gasteiger partial charge in [-0.15, -0.1) is 0 Å². The third-order valence-corrected chi connectivity index (χ3v) is 5.36.